The Morgan fingerprint density at radius 1 is 1.17 bits per heavy atom. The summed E-state index contributed by atoms with van der Waals surface area (Å²) in [6, 6.07) is 0. The molecule has 0 aromatic carbocycles. The van der Waals surface area contributed by atoms with E-state index in [0.717, 1.165) is 0 Å². The number of hydrogen-bond donors (Lipinski definition) is 2. The fourth-order valence-corrected chi connectivity index (χ4v) is 4.74. The van der Waals surface area contributed by atoms with Crippen molar-refractivity contribution < 1.29 is 23.1 Å². The number of alkyl halides is 3. The molecule has 3 nitrogen and oxygen atoms in total. The highest BCUT2D eigenvalue weighted by Crippen LogP contribution is 2.67. The first kappa shape index (κ1) is 12.3. The van der Waals surface area contributed by atoms with Crippen molar-refractivity contribution in [3.05, 3.63) is 0 Å². The van der Waals surface area contributed by atoms with Crippen LogP contribution in [0.3, 0.4) is 0 Å². The van der Waals surface area contributed by atoms with Crippen LogP contribution >= 0.6 is 0 Å². The molecule has 2 atom stereocenters. The van der Waals surface area contributed by atoms with Crippen LogP contribution in [0.1, 0.15) is 32.1 Å². The van der Waals surface area contributed by atoms with Gasteiger partial charge in [-0.1, -0.05) is 0 Å². The van der Waals surface area contributed by atoms with Gasteiger partial charge in [0.25, 0.3) is 0 Å². The number of rotatable bonds is 1. The number of carboxylic acid groups (broad SMARTS) is 1. The third-order valence-corrected chi connectivity index (χ3v) is 5.51. The van der Waals surface area contributed by atoms with Crippen LogP contribution in [-0.2, 0) is 4.79 Å². The van der Waals surface area contributed by atoms with Crippen molar-refractivity contribution in [1.29, 1.82) is 0 Å². The van der Waals surface area contributed by atoms with E-state index in [2.05, 4.69) is 0 Å². The van der Waals surface area contributed by atoms with E-state index >= 15 is 0 Å². The number of hydrogen-bond acceptors (Lipinski definition) is 2. The average Bonchev–Trinajstić information content (AvgIpc) is 2.22. The lowest BCUT2D eigenvalue weighted by Crippen LogP contribution is -2.71. The van der Waals surface area contributed by atoms with Crippen molar-refractivity contribution in [1.82, 2.24) is 0 Å². The fourth-order valence-electron chi connectivity index (χ4n) is 4.74. The number of carboxylic acids is 1. The van der Waals surface area contributed by atoms with Crippen LogP contribution in [0.4, 0.5) is 13.2 Å². The van der Waals surface area contributed by atoms with Crippen LogP contribution in [0.5, 0.6) is 0 Å². The van der Waals surface area contributed by atoms with Crippen molar-refractivity contribution in [2.75, 3.05) is 0 Å². The van der Waals surface area contributed by atoms with Gasteiger partial charge in [-0.25, -0.2) is 0 Å². The number of aliphatic carboxylic acids is 1. The molecule has 0 radical (unpaired) electrons. The minimum atomic E-state index is -4.23. The topological polar surface area (TPSA) is 63.3 Å². The number of nitrogens with two attached hydrogens (primary N) is 1. The molecule has 0 aromatic rings. The molecule has 6 heteroatoms. The average molecular weight is 263 g/mol. The van der Waals surface area contributed by atoms with E-state index in [4.69, 9.17) is 5.73 Å². The Kier molecular flexibility index (Phi) is 2.19. The molecule has 2 unspecified atom stereocenters. The summed E-state index contributed by atoms with van der Waals surface area (Å²) in [6.45, 7) is 0. The monoisotopic (exact) mass is 263 g/mol. The molecular weight excluding hydrogens is 247 g/mol. The Balaban J connectivity index is 2.01. The van der Waals surface area contributed by atoms with E-state index in [1.807, 2.05) is 0 Å². The lowest BCUT2D eigenvalue weighted by Gasteiger charge is -2.62. The van der Waals surface area contributed by atoms with Crippen LogP contribution in [0.2, 0.25) is 0 Å². The summed E-state index contributed by atoms with van der Waals surface area (Å²) in [6.07, 6.45) is -3.20. The summed E-state index contributed by atoms with van der Waals surface area (Å²) in [4.78, 5) is 11.4. The quantitative estimate of drug-likeness (QED) is 0.762. The number of carbonyl (C=O) groups is 1. The Morgan fingerprint density at radius 2 is 1.67 bits per heavy atom. The molecule has 4 aliphatic carbocycles. The zero-order chi connectivity index (χ0) is 13.3. The molecule has 4 aliphatic rings. The Hall–Kier alpha value is -0.780. The van der Waals surface area contributed by atoms with Crippen LogP contribution in [0.25, 0.3) is 0 Å². The van der Waals surface area contributed by atoms with E-state index in [9.17, 15) is 23.1 Å². The lowest BCUT2D eigenvalue weighted by molar-refractivity contribution is -0.283. The SMILES string of the molecule is NC1(C(=O)O)C2CC3CC1CC(C(F)(F)F)(C3)C2. The second kappa shape index (κ2) is 3.21. The molecule has 4 rings (SSSR count). The minimum Gasteiger partial charge on any atom is -0.480 e. The van der Waals surface area contributed by atoms with E-state index in [1.54, 1.807) is 0 Å². The first-order chi connectivity index (χ1) is 8.19. The molecule has 4 bridgehead atoms. The first-order valence-electron chi connectivity index (χ1n) is 6.28. The predicted octanol–water partition coefficient (Wildman–Crippen LogP) is 2.16. The zero-order valence-corrected chi connectivity index (χ0v) is 9.83. The molecule has 0 amide bonds. The van der Waals surface area contributed by atoms with E-state index in [0.29, 0.717) is 12.8 Å². The van der Waals surface area contributed by atoms with E-state index in [1.165, 1.54) is 0 Å². The van der Waals surface area contributed by atoms with Gasteiger partial charge in [0.05, 0.1) is 5.41 Å². The summed E-state index contributed by atoms with van der Waals surface area (Å²) in [7, 11) is 0. The molecule has 3 N–H and O–H groups in total. The third-order valence-electron chi connectivity index (χ3n) is 5.51. The molecule has 0 spiro atoms. The van der Waals surface area contributed by atoms with Crippen molar-refractivity contribution in [2.24, 2.45) is 28.9 Å². The standard InChI is InChI=1S/C12H16F3NO2/c13-12(14,15)10-3-6-1-7(4-10)11(16,9(17)18)8(2-6)5-10/h6-8H,1-5,16H2,(H,17,18). The minimum absolute atomic E-state index is 0.000139. The molecular formula is C12H16F3NO2. The van der Waals surface area contributed by atoms with Gasteiger partial charge in [-0.2, -0.15) is 13.2 Å². The normalized spacial score (nSPS) is 50.6. The summed E-state index contributed by atoms with van der Waals surface area (Å²) in [5.41, 5.74) is 2.87. The summed E-state index contributed by atoms with van der Waals surface area (Å²) in [5.74, 6) is -2.18. The van der Waals surface area contributed by atoms with Crippen molar-refractivity contribution >= 4 is 5.97 Å². The molecule has 0 aliphatic heterocycles. The van der Waals surface area contributed by atoms with Gasteiger partial charge >= 0.3 is 12.1 Å². The summed E-state index contributed by atoms with van der Waals surface area (Å²) >= 11 is 0. The van der Waals surface area contributed by atoms with Crippen molar-refractivity contribution in [3.8, 4) is 0 Å². The molecule has 0 aromatic heterocycles. The molecule has 102 valence electrons. The van der Waals surface area contributed by atoms with Crippen LogP contribution in [0.15, 0.2) is 0 Å². The highest BCUT2D eigenvalue weighted by Gasteiger charge is 2.70. The van der Waals surface area contributed by atoms with Gasteiger partial charge in [-0.15, -0.1) is 0 Å². The molecule has 4 fully saturated rings. The van der Waals surface area contributed by atoms with Crippen LogP contribution in [0, 0.1) is 23.2 Å². The second-order valence-corrected chi connectivity index (χ2v) is 6.36. The lowest BCUT2D eigenvalue weighted by atomic mass is 9.43. The van der Waals surface area contributed by atoms with E-state index in [-0.39, 0.29) is 25.2 Å². The van der Waals surface area contributed by atoms with Gasteiger partial charge in [-0.3, -0.25) is 4.79 Å². The van der Waals surface area contributed by atoms with Gasteiger partial charge in [0.1, 0.15) is 5.54 Å². The Morgan fingerprint density at radius 3 is 2.06 bits per heavy atom. The summed E-state index contributed by atoms with van der Waals surface area (Å²) in [5, 5.41) is 9.28. The maximum Gasteiger partial charge on any atom is 0.394 e. The van der Waals surface area contributed by atoms with Gasteiger partial charge in [0.2, 0.25) is 0 Å². The number of halogens is 3. The largest absolute Gasteiger partial charge is 0.480 e. The fraction of sp³-hybridized carbons (Fsp3) is 0.917. The highest BCUT2D eigenvalue weighted by atomic mass is 19.4. The maximum absolute atomic E-state index is 13.3. The second-order valence-electron chi connectivity index (χ2n) is 6.36. The Bertz CT molecular complexity index is 391. The van der Waals surface area contributed by atoms with Crippen LogP contribution < -0.4 is 5.73 Å². The third kappa shape index (κ3) is 1.27. The smallest absolute Gasteiger partial charge is 0.394 e. The predicted molar refractivity (Wildman–Crippen MR) is 56.6 cm³/mol. The summed E-state index contributed by atoms with van der Waals surface area (Å²) < 4.78 is 39.8. The zero-order valence-electron chi connectivity index (χ0n) is 9.83. The van der Waals surface area contributed by atoms with Crippen molar-refractivity contribution in [2.45, 2.75) is 43.8 Å². The highest BCUT2D eigenvalue weighted by molar-refractivity contribution is 5.80. The van der Waals surface area contributed by atoms with Crippen LogP contribution in [-0.4, -0.2) is 22.8 Å². The van der Waals surface area contributed by atoms with E-state index < -0.39 is 34.9 Å². The Labute approximate surface area is 103 Å². The molecule has 4 saturated carbocycles. The van der Waals surface area contributed by atoms with Gasteiger partial charge in [-0.05, 0) is 49.9 Å². The molecule has 18 heavy (non-hydrogen) atoms. The van der Waals surface area contributed by atoms with Gasteiger partial charge in [0.15, 0.2) is 0 Å². The van der Waals surface area contributed by atoms with Gasteiger partial charge < -0.3 is 10.8 Å². The van der Waals surface area contributed by atoms with Crippen molar-refractivity contribution in [3.63, 3.8) is 0 Å². The van der Waals surface area contributed by atoms with Gasteiger partial charge in [0, 0.05) is 0 Å². The molecule has 0 saturated heterocycles. The first-order valence-corrected chi connectivity index (χ1v) is 6.28. The maximum atomic E-state index is 13.3. The molecule has 0 heterocycles.